The first-order chi connectivity index (χ1) is 9.90. The average molecular weight is 287 g/mol. The van der Waals surface area contributed by atoms with E-state index in [0.717, 1.165) is 0 Å². The number of rotatable bonds is 3. The smallest absolute Gasteiger partial charge is 0.254 e. The second kappa shape index (κ2) is 5.83. The van der Waals surface area contributed by atoms with Gasteiger partial charge in [0, 0.05) is 29.5 Å². The largest absolute Gasteiger partial charge is 0.399 e. The summed E-state index contributed by atoms with van der Waals surface area (Å²) in [4.78, 5) is 13.9. The molecule has 0 bridgehead atoms. The fourth-order valence-electron chi connectivity index (χ4n) is 2.20. The van der Waals surface area contributed by atoms with E-state index in [-0.39, 0.29) is 11.7 Å². The molecule has 2 aromatic rings. The standard InChI is InChI=1S/C16H18FN3O/c1-10(14-5-3-4-6-15(14)17)20(2)16(21)11-7-12(18)9-13(19)8-11/h3-10H,18-19H2,1-2H3. The Bertz CT molecular complexity index is 652. The summed E-state index contributed by atoms with van der Waals surface area (Å²) < 4.78 is 13.8. The maximum atomic E-state index is 13.8. The van der Waals surface area contributed by atoms with Gasteiger partial charge in [-0.1, -0.05) is 18.2 Å². The molecular weight excluding hydrogens is 269 g/mol. The predicted octanol–water partition coefficient (Wildman–Crippen LogP) is 2.82. The number of nitrogens with zero attached hydrogens (tertiary/aromatic N) is 1. The van der Waals surface area contributed by atoms with Crippen LogP contribution in [0.5, 0.6) is 0 Å². The zero-order valence-corrected chi connectivity index (χ0v) is 12.0. The van der Waals surface area contributed by atoms with Crippen molar-refractivity contribution < 1.29 is 9.18 Å². The Balaban J connectivity index is 2.28. The highest BCUT2D eigenvalue weighted by Gasteiger charge is 2.21. The van der Waals surface area contributed by atoms with E-state index in [0.29, 0.717) is 22.5 Å². The number of amides is 1. The van der Waals surface area contributed by atoms with Crippen molar-refractivity contribution in [3.05, 3.63) is 59.4 Å². The summed E-state index contributed by atoms with van der Waals surface area (Å²) in [7, 11) is 1.62. The van der Waals surface area contributed by atoms with E-state index in [1.807, 2.05) is 0 Å². The summed E-state index contributed by atoms with van der Waals surface area (Å²) in [5, 5.41) is 0. The molecule has 1 unspecified atom stereocenters. The third-order valence-corrected chi connectivity index (χ3v) is 3.48. The Hall–Kier alpha value is -2.56. The normalized spacial score (nSPS) is 12.0. The molecule has 0 aliphatic heterocycles. The van der Waals surface area contributed by atoms with Crippen molar-refractivity contribution in [2.45, 2.75) is 13.0 Å². The number of halogens is 1. The summed E-state index contributed by atoms with van der Waals surface area (Å²) in [5.41, 5.74) is 13.1. The first-order valence-corrected chi connectivity index (χ1v) is 6.57. The van der Waals surface area contributed by atoms with Gasteiger partial charge in [0.05, 0.1) is 6.04 Å². The molecule has 4 nitrogen and oxygen atoms in total. The molecule has 0 saturated heterocycles. The Labute approximate surface area is 123 Å². The minimum Gasteiger partial charge on any atom is -0.399 e. The van der Waals surface area contributed by atoms with Gasteiger partial charge >= 0.3 is 0 Å². The molecule has 0 saturated carbocycles. The number of carbonyl (C=O) groups excluding carboxylic acids is 1. The summed E-state index contributed by atoms with van der Waals surface area (Å²) >= 11 is 0. The van der Waals surface area contributed by atoms with Crippen LogP contribution in [0.4, 0.5) is 15.8 Å². The highest BCUT2D eigenvalue weighted by Crippen LogP contribution is 2.24. The van der Waals surface area contributed by atoms with Crippen molar-refractivity contribution in [3.63, 3.8) is 0 Å². The van der Waals surface area contributed by atoms with Crippen LogP contribution in [0.15, 0.2) is 42.5 Å². The minimum absolute atomic E-state index is 0.259. The molecule has 0 radical (unpaired) electrons. The number of nitrogen functional groups attached to an aromatic ring is 2. The van der Waals surface area contributed by atoms with Crippen LogP contribution in [-0.4, -0.2) is 17.9 Å². The SMILES string of the molecule is CC(c1ccccc1F)N(C)C(=O)c1cc(N)cc(N)c1. The van der Waals surface area contributed by atoms with Crippen LogP contribution >= 0.6 is 0 Å². The van der Waals surface area contributed by atoms with E-state index in [1.54, 1.807) is 50.4 Å². The molecule has 4 N–H and O–H groups in total. The zero-order chi connectivity index (χ0) is 15.6. The van der Waals surface area contributed by atoms with E-state index in [2.05, 4.69) is 0 Å². The van der Waals surface area contributed by atoms with Gasteiger partial charge in [-0.3, -0.25) is 4.79 Å². The van der Waals surface area contributed by atoms with E-state index in [9.17, 15) is 9.18 Å². The second-order valence-corrected chi connectivity index (χ2v) is 5.00. The van der Waals surface area contributed by atoms with Crippen molar-refractivity contribution in [1.29, 1.82) is 0 Å². The molecule has 0 aliphatic rings. The summed E-state index contributed by atoms with van der Waals surface area (Å²) in [6.45, 7) is 1.77. The number of benzene rings is 2. The molecule has 1 amide bonds. The van der Waals surface area contributed by atoms with Crippen LogP contribution in [0, 0.1) is 5.82 Å². The van der Waals surface area contributed by atoms with Crippen LogP contribution in [0.25, 0.3) is 0 Å². The third kappa shape index (κ3) is 3.13. The quantitative estimate of drug-likeness (QED) is 0.853. The Morgan fingerprint density at radius 2 is 1.71 bits per heavy atom. The van der Waals surface area contributed by atoms with Crippen LogP contribution in [0.1, 0.15) is 28.9 Å². The molecule has 1 atom stereocenters. The molecule has 0 spiro atoms. The van der Waals surface area contributed by atoms with Crippen LogP contribution in [0.2, 0.25) is 0 Å². The van der Waals surface area contributed by atoms with Crippen LogP contribution in [0.3, 0.4) is 0 Å². The highest BCUT2D eigenvalue weighted by atomic mass is 19.1. The molecule has 0 aromatic heterocycles. The van der Waals surface area contributed by atoms with Crippen molar-refractivity contribution in [2.24, 2.45) is 0 Å². The lowest BCUT2D eigenvalue weighted by atomic mass is 10.1. The van der Waals surface area contributed by atoms with E-state index in [4.69, 9.17) is 11.5 Å². The number of hydrogen-bond donors (Lipinski definition) is 2. The first kappa shape index (κ1) is 14.8. The molecule has 2 rings (SSSR count). The summed E-state index contributed by atoms with van der Waals surface area (Å²) in [5.74, 6) is -0.596. The lowest BCUT2D eigenvalue weighted by Gasteiger charge is -2.26. The first-order valence-electron chi connectivity index (χ1n) is 6.57. The second-order valence-electron chi connectivity index (χ2n) is 5.00. The lowest BCUT2D eigenvalue weighted by molar-refractivity contribution is 0.0740. The highest BCUT2D eigenvalue weighted by molar-refractivity contribution is 5.96. The number of carbonyl (C=O) groups is 1. The van der Waals surface area contributed by atoms with Gasteiger partial charge in [-0.15, -0.1) is 0 Å². The maximum Gasteiger partial charge on any atom is 0.254 e. The molecule has 5 heteroatoms. The van der Waals surface area contributed by atoms with Crippen LogP contribution in [-0.2, 0) is 0 Å². The van der Waals surface area contributed by atoms with E-state index >= 15 is 0 Å². The van der Waals surface area contributed by atoms with E-state index < -0.39 is 6.04 Å². The number of hydrogen-bond acceptors (Lipinski definition) is 3. The van der Waals surface area contributed by atoms with Crippen molar-refractivity contribution >= 4 is 17.3 Å². The van der Waals surface area contributed by atoms with Gasteiger partial charge < -0.3 is 16.4 Å². The maximum absolute atomic E-state index is 13.8. The zero-order valence-electron chi connectivity index (χ0n) is 12.0. The lowest BCUT2D eigenvalue weighted by Crippen LogP contribution is -2.30. The Kier molecular flexibility index (Phi) is 4.12. The van der Waals surface area contributed by atoms with Crippen molar-refractivity contribution in [1.82, 2.24) is 4.90 Å². The van der Waals surface area contributed by atoms with Gasteiger partial charge in [-0.25, -0.2) is 4.39 Å². The molecule has 0 aliphatic carbocycles. The molecule has 21 heavy (non-hydrogen) atoms. The summed E-state index contributed by atoms with van der Waals surface area (Å²) in [6.07, 6.45) is 0. The molecule has 0 heterocycles. The van der Waals surface area contributed by atoms with Gasteiger partial charge in [0.2, 0.25) is 0 Å². The molecule has 2 aromatic carbocycles. The van der Waals surface area contributed by atoms with Gasteiger partial charge in [0.1, 0.15) is 5.82 Å². The average Bonchev–Trinajstić information content (AvgIpc) is 2.44. The molecule has 0 fully saturated rings. The van der Waals surface area contributed by atoms with Gasteiger partial charge in [-0.2, -0.15) is 0 Å². The van der Waals surface area contributed by atoms with Gasteiger partial charge in [0.25, 0.3) is 5.91 Å². The molecular formula is C16H18FN3O. The monoisotopic (exact) mass is 287 g/mol. The van der Waals surface area contributed by atoms with Crippen molar-refractivity contribution in [3.8, 4) is 0 Å². The Morgan fingerprint density at radius 1 is 1.14 bits per heavy atom. The fraction of sp³-hybridized carbons (Fsp3) is 0.188. The predicted molar refractivity (Wildman–Crippen MR) is 82.2 cm³/mol. The minimum atomic E-state index is -0.402. The topological polar surface area (TPSA) is 72.3 Å². The number of anilines is 2. The Morgan fingerprint density at radius 3 is 2.29 bits per heavy atom. The van der Waals surface area contributed by atoms with E-state index in [1.165, 1.54) is 11.0 Å². The molecule has 110 valence electrons. The number of nitrogens with two attached hydrogens (primary N) is 2. The third-order valence-electron chi connectivity index (χ3n) is 3.48. The van der Waals surface area contributed by atoms with Crippen molar-refractivity contribution in [2.75, 3.05) is 18.5 Å². The van der Waals surface area contributed by atoms with Gasteiger partial charge in [0.15, 0.2) is 0 Å². The fourth-order valence-corrected chi connectivity index (χ4v) is 2.20. The van der Waals surface area contributed by atoms with Crippen LogP contribution < -0.4 is 11.5 Å². The van der Waals surface area contributed by atoms with Gasteiger partial charge in [-0.05, 0) is 31.2 Å². The summed E-state index contributed by atoms with van der Waals surface area (Å²) in [6, 6.07) is 10.7.